The number of pyridine rings is 1. The van der Waals surface area contributed by atoms with E-state index in [-0.39, 0.29) is 34.8 Å². The molecule has 0 amide bonds. The number of H-pyrrole nitrogens is 1. The molecule has 0 bridgehead atoms. The van der Waals surface area contributed by atoms with Gasteiger partial charge in [0.2, 0.25) is 0 Å². The summed E-state index contributed by atoms with van der Waals surface area (Å²) in [5.74, 6) is -1.37. The summed E-state index contributed by atoms with van der Waals surface area (Å²) >= 11 is 0. The number of carbonyl (C=O) groups is 1. The maximum absolute atomic E-state index is 15.2. The van der Waals surface area contributed by atoms with E-state index < -0.39 is 17.4 Å². The molecule has 4 aromatic rings. The molecule has 8 nitrogen and oxygen atoms in total. The zero-order valence-corrected chi connectivity index (χ0v) is 22.8. The van der Waals surface area contributed by atoms with Crippen LogP contribution >= 0.6 is 0 Å². The molecule has 2 N–H and O–H groups in total. The number of ether oxygens (including phenoxy) is 3. The van der Waals surface area contributed by atoms with Crippen LogP contribution in [-0.4, -0.2) is 66.1 Å². The minimum absolute atomic E-state index is 0.00808. The van der Waals surface area contributed by atoms with Crippen molar-refractivity contribution >= 4 is 22.5 Å². The Kier molecular flexibility index (Phi) is 7.84. The van der Waals surface area contributed by atoms with Crippen molar-refractivity contribution in [1.29, 1.82) is 0 Å². The van der Waals surface area contributed by atoms with Gasteiger partial charge in [-0.25, -0.2) is 13.8 Å². The number of hydrogen-bond acceptors (Lipinski definition) is 7. The second-order valence-corrected chi connectivity index (χ2v) is 10.5. The topological polar surface area (TPSA) is 88.7 Å². The first-order chi connectivity index (χ1) is 20.0. The molecule has 0 spiro atoms. The molecule has 2 aromatic carbocycles. The van der Waals surface area contributed by atoms with Crippen molar-refractivity contribution in [2.24, 2.45) is 0 Å². The normalized spacial score (nSPS) is 19.4. The molecule has 0 unspecified atom stereocenters. The van der Waals surface area contributed by atoms with Gasteiger partial charge in [0.1, 0.15) is 17.2 Å². The number of rotatable bonds is 9. The van der Waals surface area contributed by atoms with Crippen LogP contribution < -0.4 is 14.8 Å². The SMILES string of the molecule is COc1cnc2[nH]cc(C(=O)c3ccc(Oc4ccccc4F)cc3F)c2c1N[C@@H]1CC[C@@H](CN2CCCC2)OC1. The first-order valence-electron chi connectivity index (χ1n) is 13.9. The van der Waals surface area contributed by atoms with Crippen molar-refractivity contribution in [3.05, 3.63) is 77.6 Å². The summed E-state index contributed by atoms with van der Waals surface area (Å²) < 4.78 is 46.5. The standard InChI is InChI=1S/C31H32F2N4O4/c1-39-27-16-35-31-28(29(27)36-19-8-9-21(40-18-19)17-37-12-4-5-13-37)23(15-34-31)30(38)22-11-10-20(14-25(22)33)41-26-7-3-2-6-24(26)32/h2-3,6-7,10-11,14-16,19,21H,4-5,8-9,12-13,17-18H2,1H3,(H2,34,35,36)/t19-,21+/m1/s1. The Balaban J connectivity index is 1.23. The largest absolute Gasteiger partial charge is 0.493 e. The molecule has 0 aliphatic carbocycles. The predicted octanol–water partition coefficient (Wildman–Crippen LogP) is 5.93. The first kappa shape index (κ1) is 27.2. The van der Waals surface area contributed by atoms with Crippen LogP contribution in [0.3, 0.4) is 0 Å². The average molecular weight is 563 g/mol. The monoisotopic (exact) mass is 562 g/mol. The van der Waals surface area contributed by atoms with Gasteiger partial charge in [-0.1, -0.05) is 12.1 Å². The fourth-order valence-electron chi connectivity index (χ4n) is 5.62. The van der Waals surface area contributed by atoms with E-state index >= 15 is 4.39 Å². The van der Waals surface area contributed by atoms with Gasteiger partial charge in [0.15, 0.2) is 23.1 Å². The highest BCUT2D eigenvalue weighted by atomic mass is 19.1. The molecule has 2 fully saturated rings. The van der Waals surface area contributed by atoms with E-state index in [1.165, 1.54) is 49.4 Å². The quantitative estimate of drug-likeness (QED) is 0.245. The number of fused-ring (bicyclic) bond motifs is 1. The lowest BCUT2D eigenvalue weighted by atomic mass is 10.0. The minimum atomic E-state index is -0.784. The van der Waals surface area contributed by atoms with Crippen molar-refractivity contribution in [2.45, 2.75) is 37.8 Å². The molecule has 2 atom stereocenters. The number of benzene rings is 2. The van der Waals surface area contributed by atoms with Crippen molar-refractivity contribution in [3.63, 3.8) is 0 Å². The van der Waals surface area contributed by atoms with E-state index in [1.807, 2.05) is 0 Å². The second kappa shape index (κ2) is 11.8. The molecule has 10 heteroatoms. The molecular formula is C31H32F2N4O4. The lowest BCUT2D eigenvalue weighted by molar-refractivity contribution is -0.00755. The second-order valence-electron chi connectivity index (χ2n) is 10.5. The third-order valence-electron chi connectivity index (χ3n) is 7.76. The zero-order chi connectivity index (χ0) is 28.3. The van der Waals surface area contributed by atoms with Crippen LogP contribution in [0.2, 0.25) is 0 Å². The van der Waals surface area contributed by atoms with Gasteiger partial charge in [-0.15, -0.1) is 0 Å². The molecule has 214 valence electrons. The van der Waals surface area contributed by atoms with Crippen molar-refractivity contribution in [2.75, 3.05) is 38.7 Å². The molecule has 0 saturated carbocycles. The number of nitrogens with zero attached hydrogens (tertiary/aromatic N) is 2. The Morgan fingerprint density at radius 1 is 1.10 bits per heavy atom. The van der Waals surface area contributed by atoms with E-state index in [0.29, 0.717) is 29.1 Å². The molecule has 2 aliphatic rings. The summed E-state index contributed by atoms with van der Waals surface area (Å²) in [6.07, 6.45) is 7.66. The highest BCUT2D eigenvalue weighted by Crippen LogP contribution is 2.37. The molecule has 6 rings (SSSR count). The van der Waals surface area contributed by atoms with E-state index in [2.05, 4.69) is 20.2 Å². The molecule has 41 heavy (non-hydrogen) atoms. The number of anilines is 1. The van der Waals surface area contributed by atoms with Crippen LogP contribution in [-0.2, 0) is 4.74 Å². The highest BCUT2D eigenvalue weighted by molar-refractivity contribution is 6.19. The number of ketones is 1. The summed E-state index contributed by atoms with van der Waals surface area (Å²) in [5, 5.41) is 4.04. The lowest BCUT2D eigenvalue weighted by Gasteiger charge is -2.32. The zero-order valence-electron chi connectivity index (χ0n) is 22.8. The summed E-state index contributed by atoms with van der Waals surface area (Å²) in [6.45, 7) is 3.76. The van der Waals surface area contributed by atoms with Crippen LogP contribution in [0, 0.1) is 11.6 Å². The van der Waals surface area contributed by atoms with Crippen LogP contribution in [0.1, 0.15) is 41.6 Å². The van der Waals surface area contributed by atoms with Gasteiger partial charge in [-0.05, 0) is 63.0 Å². The van der Waals surface area contributed by atoms with Gasteiger partial charge in [-0.2, -0.15) is 0 Å². The number of methoxy groups -OCH3 is 1. The molecule has 2 aromatic heterocycles. The van der Waals surface area contributed by atoms with E-state index in [1.54, 1.807) is 19.4 Å². The van der Waals surface area contributed by atoms with Gasteiger partial charge in [0.25, 0.3) is 0 Å². The highest BCUT2D eigenvalue weighted by Gasteiger charge is 2.28. The summed E-state index contributed by atoms with van der Waals surface area (Å²) in [7, 11) is 1.54. The molecular weight excluding hydrogens is 530 g/mol. The van der Waals surface area contributed by atoms with Gasteiger partial charge in [-0.3, -0.25) is 4.79 Å². The van der Waals surface area contributed by atoms with E-state index in [0.717, 1.165) is 38.5 Å². The Hall–Kier alpha value is -4.02. The predicted molar refractivity (Wildman–Crippen MR) is 151 cm³/mol. The van der Waals surface area contributed by atoms with Crippen molar-refractivity contribution < 1.29 is 27.8 Å². The molecule has 0 radical (unpaired) electrons. The summed E-state index contributed by atoms with van der Waals surface area (Å²) in [5.41, 5.74) is 1.18. The molecule has 4 heterocycles. The van der Waals surface area contributed by atoms with Gasteiger partial charge in [0, 0.05) is 24.8 Å². The number of likely N-dealkylation sites (tertiary alicyclic amines) is 1. The van der Waals surface area contributed by atoms with E-state index in [4.69, 9.17) is 14.2 Å². The molecule has 2 saturated heterocycles. The van der Waals surface area contributed by atoms with E-state index in [9.17, 15) is 9.18 Å². The minimum Gasteiger partial charge on any atom is -0.493 e. The maximum Gasteiger partial charge on any atom is 0.198 e. The maximum atomic E-state index is 15.2. The summed E-state index contributed by atoms with van der Waals surface area (Å²) in [6, 6.07) is 9.70. The van der Waals surface area contributed by atoms with Gasteiger partial charge < -0.3 is 29.4 Å². The molecule has 2 aliphatic heterocycles. The fraction of sp³-hybridized carbons (Fsp3) is 0.355. The Morgan fingerprint density at radius 2 is 1.93 bits per heavy atom. The number of nitrogens with one attached hydrogen (secondary N) is 2. The van der Waals surface area contributed by atoms with Crippen molar-refractivity contribution in [3.8, 4) is 17.2 Å². The average Bonchev–Trinajstić information content (AvgIpc) is 3.66. The van der Waals surface area contributed by atoms with Crippen LogP contribution in [0.25, 0.3) is 11.0 Å². The van der Waals surface area contributed by atoms with Crippen molar-refractivity contribution in [1.82, 2.24) is 14.9 Å². The summed E-state index contributed by atoms with van der Waals surface area (Å²) in [4.78, 5) is 23.5. The first-order valence-corrected chi connectivity index (χ1v) is 13.9. The number of para-hydroxylation sites is 1. The fourth-order valence-corrected chi connectivity index (χ4v) is 5.62. The lowest BCUT2D eigenvalue weighted by Crippen LogP contribution is -2.40. The number of hydrogen-bond donors (Lipinski definition) is 2. The van der Waals surface area contributed by atoms with Crippen LogP contribution in [0.5, 0.6) is 17.2 Å². The van der Waals surface area contributed by atoms with Crippen LogP contribution in [0.15, 0.2) is 54.9 Å². The van der Waals surface area contributed by atoms with Crippen LogP contribution in [0.4, 0.5) is 14.5 Å². The number of aromatic amines is 1. The number of halogens is 2. The van der Waals surface area contributed by atoms with Gasteiger partial charge in [0.05, 0.1) is 48.2 Å². The Labute approximate surface area is 236 Å². The Morgan fingerprint density at radius 3 is 2.66 bits per heavy atom. The smallest absolute Gasteiger partial charge is 0.198 e. The number of carbonyl (C=O) groups excluding carboxylic acids is 1. The van der Waals surface area contributed by atoms with Gasteiger partial charge >= 0.3 is 0 Å². The Bertz CT molecular complexity index is 1540. The third kappa shape index (κ3) is 5.75. The third-order valence-corrected chi connectivity index (χ3v) is 7.76. The number of aromatic nitrogens is 2.